The summed E-state index contributed by atoms with van der Waals surface area (Å²) in [5, 5.41) is 2.31. The molecule has 0 saturated heterocycles. The van der Waals surface area contributed by atoms with Gasteiger partial charge in [0, 0.05) is 31.0 Å². The van der Waals surface area contributed by atoms with Crippen LogP contribution in [0, 0.1) is 17.5 Å². The van der Waals surface area contributed by atoms with Crippen molar-refractivity contribution in [3.05, 3.63) is 47.5 Å². The number of hydrogen-bond donors (Lipinski definition) is 2. The zero-order valence-electron chi connectivity index (χ0n) is 14.0. The Bertz CT molecular complexity index is 863. The van der Waals surface area contributed by atoms with Gasteiger partial charge < -0.3 is 9.88 Å². The Labute approximate surface area is 151 Å². The number of anilines is 1. The third-order valence-electron chi connectivity index (χ3n) is 4.31. The normalized spacial score (nSPS) is 16.0. The van der Waals surface area contributed by atoms with E-state index in [1.807, 2.05) is 0 Å². The van der Waals surface area contributed by atoms with E-state index in [4.69, 9.17) is 0 Å². The van der Waals surface area contributed by atoms with Crippen molar-refractivity contribution in [2.24, 2.45) is 7.05 Å². The van der Waals surface area contributed by atoms with E-state index < -0.39 is 34.3 Å². The number of nitrogens with one attached hydrogen (secondary N) is 2. The van der Waals surface area contributed by atoms with E-state index in [0.29, 0.717) is 0 Å². The molecule has 1 aliphatic carbocycles. The van der Waals surface area contributed by atoms with Gasteiger partial charge in [-0.15, -0.1) is 0 Å². The Balaban J connectivity index is 1.78. The lowest BCUT2D eigenvalue weighted by molar-refractivity contribution is 0.101. The molecule has 5 nitrogen and oxygen atoms in total. The van der Waals surface area contributed by atoms with Crippen LogP contribution in [0.2, 0.25) is 0 Å². The van der Waals surface area contributed by atoms with Crippen molar-refractivity contribution in [3.63, 3.8) is 0 Å². The van der Waals surface area contributed by atoms with Crippen molar-refractivity contribution < 1.29 is 22.2 Å². The monoisotopic (exact) mass is 385 g/mol. The van der Waals surface area contributed by atoms with Crippen LogP contribution in [0.5, 0.6) is 0 Å². The second kappa shape index (κ2) is 7.63. The maximum atomic E-state index is 14.7. The zero-order chi connectivity index (χ0) is 18.8. The molecular formula is C17H18F3N3O2S. The number of halogens is 3. The quantitative estimate of drug-likeness (QED) is 0.830. The lowest BCUT2D eigenvalue weighted by Crippen LogP contribution is -2.28. The molecule has 0 aliphatic heterocycles. The molecule has 26 heavy (non-hydrogen) atoms. The highest BCUT2D eigenvalue weighted by atomic mass is 32.2. The standard InChI is InChI=1S/C17H18F3N3O2S/c1-23-9-14(26(25)22-10-4-2-3-5-10)15(20)16(23)17(24)21-11-6-7-12(18)13(19)8-11/h6-10,22H,2-5H2,1H3,(H,21,24). The maximum absolute atomic E-state index is 14.7. The minimum Gasteiger partial charge on any atom is -0.343 e. The molecule has 9 heteroatoms. The van der Waals surface area contributed by atoms with Gasteiger partial charge in [0.05, 0.1) is 0 Å². The third kappa shape index (κ3) is 3.83. The van der Waals surface area contributed by atoms with Gasteiger partial charge in [-0.3, -0.25) is 4.79 Å². The molecular weight excluding hydrogens is 367 g/mol. The van der Waals surface area contributed by atoms with Crippen LogP contribution in [-0.4, -0.2) is 20.7 Å². The highest BCUT2D eigenvalue weighted by Crippen LogP contribution is 2.23. The summed E-state index contributed by atoms with van der Waals surface area (Å²) in [4.78, 5) is 12.2. The Morgan fingerprint density at radius 3 is 2.54 bits per heavy atom. The van der Waals surface area contributed by atoms with E-state index >= 15 is 0 Å². The fraction of sp³-hybridized carbons (Fsp3) is 0.353. The molecule has 3 rings (SSSR count). The van der Waals surface area contributed by atoms with E-state index in [-0.39, 0.29) is 22.3 Å². The van der Waals surface area contributed by atoms with E-state index in [1.165, 1.54) is 17.8 Å². The molecule has 2 aromatic rings. The first kappa shape index (κ1) is 18.7. The molecule has 140 valence electrons. The second-order valence-electron chi connectivity index (χ2n) is 6.22. The van der Waals surface area contributed by atoms with Crippen molar-refractivity contribution >= 4 is 22.6 Å². The van der Waals surface area contributed by atoms with E-state index in [9.17, 15) is 22.2 Å². The van der Waals surface area contributed by atoms with Gasteiger partial charge in [0.15, 0.2) is 17.5 Å². The predicted octanol–water partition coefficient (Wildman–Crippen LogP) is 3.25. The molecule has 0 spiro atoms. The average Bonchev–Trinajstić information content (AvgIpc) is 3.18. The topological polar surface area (TPSA) is 63.1 Å². The minimum absolute atomic E-state index is 0.0127. The van der Waals surface area contributed by atoms with Gasteiger partial charge in [-0.2, -0.15) is 0 Å². The third-order valence-corrected chi connectivity index (χ3v) is 5.54. The molecule has 1 aromatic heterocycles. The number of rotatable bonds is 5. The van der Waals surface area contributed by atoms with Gasteiger partial charge in [-0.1, -0.05) is 12.8 Å². The summed E-state index contributed by atoms with van der Waals surface area (Å²) in [5.74, 6) is -3.93. The molecule has 0 radical (unpaired) electrons. The SMILES string of the molecule is Cn1cc(S(=O)NC2CCCC2)c(F)c1C(=O)Nc1ccc(F)c(F)c1. The summed E-state index contributed by atoms with van der Waals surface area (Å²) in [6.07, 6.45) is 5.11. The zero-order valence-corrected chi connectivity index (χ0v) is 14.8. The lowest BCUT2D eigenvalue weighted by Gasteiger charge is -2.10. The Morgan fingerprint density at radius 2 is 1.88 bits per heavy atom. The number of aryl methyl sites for hydroxylation is 1. The summed E-state index contributed by atoms with van der Waals surface area (Å²) in [6.45, 7) is 0. The van der Waals surface area contributed by atoms with E-state index in [2.05, 4.69) is 10.0 Å². The fourth-order valence-corrected chi connectivity index (χ4v) is 4.16. The van der Waals surface area contributed by atoms with Crippen molar-refractivity contribution in [1.29, 1.82) is 0 Å². The van der Waals surface area contributed by atoms with Crippen LogP contribution in [0.3, 0.4) is 0 Å². The number of nitrogens with zero attached hydrogens (tertiary/aromatic N) is 1. The van der Waals surface area contributed by atoms with E-state index in [1.54, 1.807) is 0 Å². The van der Waals surface area contributed by atoms with Gasteiger partial charge in [0.25, 0.3) is 5.91 Å². The summed E-state index contributed by atoms with van der Waals surface area (Å²) >= 11 is 0. The van der Waals surface area contributed by atoms with E-state index in [0.717, 1.165) is 43.9 Å². The number of benzene rings is 1. The minimum atomic E-state index is -1.78. The second-order valence-corrected chi connectivity index (χ2v) is 7.43. The highest BCUT2D eigenvalue weighted by Gasteiger charge is 2.26. The summed E-state index contributed by atoms with van der Waals surface area (Å²) < 4.78 is 57.3. The molecule has 1 fully saturated rings. The number of hydrogen-bond acceptors (Lipinski definition) is 2. The smallest absolute Gasteiger partial charge is 0.275 e. The van der Waals surface area contributed by atoms with Crippen LogP contribution in [0.4, 0.5) is 18.9 Å². The molecule has 1 aliphatic rings. The first-order chi connectivity index (χ1) is 12.4. The van der Waals surface area contributed by atoms with Gasteiger partial charge >= 0.3 is 0 Å². The summed E-state index contributed by atoms with van der Waals surface area (Å²) in [7, 11) is -0.335. The van der Waals surface area contributed by atoms with Gasteiger partial charge in [-0.05, 0) is 25.0 Å². The van der Waals surface area contributed by atoms with Crippen LogP contribution in [0.25, 0.3) is 0 Å². The highest BCUT2D eigenvalue weighted by molar-refractivity contribution is 7.83. The van der Waals surface area contributed by atoms with Crippen LogP contribution in [0.15, 0.2) is 29.3 Å². The Kier molecular flexibility index (Phi) is 5.47. The average molecular weight is 385 g/mol. The van der Waals surface area contributed by atoms with Crippen molar-refractivity contribution in [2.45, 2.75) is 36.6 Å². The summed E-state index contributed by atoms with van der Waals surface area (Å²) in [5.41, 5.74) is -0.354. The molecule has 1 amide bonds. The lowest BCUT2D eigenvalue weighted by atomic mass is 10.3. The molecule has 0 bridgehead atoms. The van der Waals surface area contributed by atoms with Crippen LogP contribution in [-0.2, 0) is 18.0 Å². The number of carbonyl (C=O) groups excluding carboxylic acids is 1. The molecule has 1 aromatic carbocycles. The summed E-state index contributed by atoms with van der Waals surface area (Å²) in [6, 6.07) is 2.89. The van der Waals surface area contributed by atoms with Gasteiger partial charge in [-0.25, -0.2) is 22.1 Å². The van der Waals surface area contributed by atoms with Crippen LogP contribution >= 0.6 is 0 Å². The number of amides is 1. The molecule has 1 atom stereocenters. The van der Waals surface area contributed by atoms with Crippen LogP contribution < -0.4 is 10.0 Å². The first-order valence-corrected chi connectivity index (χ1v) is 9.31. The molecule has 1 unspecified atom stereocenters. The number of aromatic nitrogens is 1. The first-order valence-electron chi connectivity index (χ1n) is 8.16. The predicted molar refractivity (Wildman–Crippen MR) is 91.5 cm³/mol. The maximum Gasteiger partial charge on any atom is 0.275 e. The van der Waals surface area contributed by atoms with Crippen molar-refractivity contribution in [1.82, 2.24) is 9.29 Å². The van der Waals surface area contributed by atoms with Gasteiger partial charge in [0.1, 0.15) is 21.6 Å². The van der Waals surface area contributed by atoms with Crippen LogP contribution in [0.1, 0.15) is 36.2 Å². The van der Waals surface area contributed by atoms with Crippen molar-refractivity contribution in [3.8, 4) is 0 Å². The molecule has 2 N–H and O–H groups in total. The fourth-order valence-electron chi connectivity index (χ4n) is 2.98. The number of carbonyl (C=O) groups is 1. The largest absolute Gasteiger partial charge is 0.343 e. The Morgan fingerprint density at radius 1 is 1.19 bits per heavy atom. The van der Waals surface area contributed by atoms with Gasteiger partial charge in [0.2, 0.25) is 0 Å². The van der Waals surface area contributed by atoms with Crippen molar-refractivity contribution in [2.75, 3.05) is 5.32 Å². The molecule has 1 heterocycles. The molecule has 1 saturated carbocycles. The Hall–Kier alpha value is -2.13.